The lowest BCUT2D eigenvalue weighted by Gasteiger charge is -2.26. The van der Waals surface area contributed by atoms with Crippen molar-refractivity contribution in [3.8, 4) is 5.75 Å². The lowest BCUT2D eigenvalue weighted by Crippen LogP contribution is -2.54. The maximum atomic E-state index is 13.1. The van der Waals surface area contributed by atoms with Crippen molar-refractivity contribution in [1.82, 2.24) is 16.0 Å². The fourth-order valence-electron chi connectivity index (χ4n) is 3.45. The number of carboxylic acid groups (broad SMARTS) is 1. The number of hydrogen-bond donors (Lipinski definition) is 5. The molecule has 0 saturated carbocycles. The summed E-state index contributed by atoms with van der Waals surface area (Å²) in [5.41, 5.74) is 6.85. The quantitative estimate of drug-likeness (QED) is 0.231. The van der Waals surface area contributed by atoms with Crippen molar-refractivity contribution in [2.24, 2.45) is 11.7 Å². The van der Waals surface area contributed by atoms with Gasteiger partial charge in [-0.3, -0.25) is 19.2 Å². The van der Waals surface area contributed by atoms with Crippen LogP contribution in [0.25, 0.3) is 0 Å². The van der Waals surface area contributed by atoms with Gasteiger partial charge in [-0.15, -0.1) is 0 Å². The number of carbonyl (C=O) groups excluding carboxylic acids is 4. The Morgan fingerprint density at radius 2 is 1.31 bits per heavy atom. The number of nitrogens with one attached hydrogen (secondary N) is 3. The van der Waals surface area contributed by atoms with E-state index < -0.39 is 65.9 Å². The van der Waals surface area contributed by atoms with Gasteiger partial charge in [0.1, 0.15) is 17.8 Å². The molecule has 2 aromatic rings. The SMILES string of the molecule is COc1ccc([C@H](NC(=O)[C@H](C)NC(=O)c2ccc(CN)cc2)C(=O)N[C@H](C(=O)C(F)(F)F)C(C)C)cc1.O=C(O)C(F)(F)F. The number of halogens is 6. The molecule has 0 heterocycles. The molecule has 0 unspecified atom stereocenters. The molecule has 45 heavy (non-hydrogen) atoms. The maximum Gasteiger partial charge on any atom is 0.490 e. The van der Waals surface area contributed by atoms with E-state index in [1.807, 2.05) is 0 Å². The van der Waals surface area contributed by atoms with Crippen molar-refractivity contribution in [2.45, 2.75) is 57.8 Å². The van der Waals surface area contributed by atoms with E-state index in [0.717, 1.165) is 5.56 Å². The number of hydrogen-bond acceptors (Lipinski definition) is 7. The normalized spacial score (nSPS) is 13.3. The second-order valence-corrected chi connectivity index (χ2v) is 9.71. The Labute approximate surface area is 253 Å². The van der Waals surface area contributed by atoms with Crippen LogP contribution in [-0.2, 0) is 25.7 Å². The Hall–Kier alpha value is -4.67. The fraction of sp³-hybridized carbons (Fsp3) is 0.393. The molecule has 0 bridgehead atoms. The molecule has 0 fully saturated rings. The number of aliphatic carboxylic acids is 1. The summed E-state index contributed by atoms with van der Waals surface area (Å²) < 4.78 is 76.1. The monoisotopic (exact) mass is 650 g/mol. The van der Waals surface area contributed by atoms with Crippen LogP contribution in [0.15, 0.2) is 48.5 Å². The summed E-state index contributed by atoms with van der Waals surface area (Å²) in [7, 11) is 1.42. The minimum absolute atomic E-state index is 0.217. The predicted molar refractivity (Wildman–Crippen MR) is 147 cm³/mol. The van der Waals surface area contributed by atoms with E-state index in [2.05, 4.69) is 16.0 Å². The molecule has 0 spiro atoms. The van der Waals surface area contributed by atoms with Gasteiger partial charge >= 0.3 is 18.3 Å². The van der Waals surface area contributed by atoms with E-state index in [1.165, 1.54) is 52.1 Å². The van der Waals surface area contributed by atoms with Crippen LogP contribution >= 0.6 is 0 Å². The highest BCUT2D eigenvalue weighted by atomic mass is 19.4. The molecule has 0 aliphatic carbocycles. The number of nitrogens with two attached hydrogens (primary N) is 1. The molecule has 3 amide bonds. The van der Waals surface area contributed by atoms with Crippen LogP contribution in [0, 0.1) is 5.92 Å². The number of alkyl halides is 6. The molecule has 0 radical (unpaired) electrons. The van der Waals surface area contributed by atoms with Crippen LogP contribution in [0.2, 0.25) is 0 Å². The van der Waals surface area contributed by atoms with Gasteiger partial charge in [-0.05, 0) is 48.2 Å². The van der Waals surface area contributed by atoms with Crippen LogP contribution in [0.5, 0.6) is 5.75 Å². The number of benzene rings is 2. The van der Waals surface area contributed by atoms with E-state index in [9.17, 15) is 45.5 Å². The number of Topliss-reactive ketones (excluding diaryl/α,β-unsaturated/α-hetero) is 1. The third kappa shape index (κ3) is 12.1. The molecule has 11 nitrogen and oxygen atoms in total. The number of ether oxygens (including phenoxy) is 1. The Bertz CT molecular complexity index is 1330. The molecule has 17 heteroatoms. The molecular formula is C28H32F6N4O7. The van der Waals surface area contributed by atoms with Gasteiger partial charge in [0.25, 0.3) is 11.7 Å². The molecule has 248 valence electrons. The van der Waals surface area contributed by atoms with Crippen LogP contribution in [-0.4, -0.2) is 66.1 Å². The minimum Gasteiger partial charge on any atom is -0.497 e. The molecule has 0 aliphatic heterocycles. The minimum atomic E-state index is -5.16. The van der Waals surface area contributed by atoms with Crippen LogP contribution in [0.3, 0.4) is 0 Å². The average Bonchev–Trinajstić information content (AvgIpc) is 2.97. The zero-order valence-corrected chi connectivity index (χ0v) is 24.4. The third-order valence-electron chi connectivity index (χ3n) is 5.96. The molecule has 6 N–H and O–H groups in total. The van der Waals surface area contributed by atoms with Gasteiger partial charge in [0.15, 0.2) is 0 Å². The van der Waals surface area contributed by atoms with Gasteiger partial charge in [-0.25, -0.2) is 4.79 Å². The van der Waals surface area contributed by atoms with Crippen molar-refractivity contribution in [2.75, 3.05) is 7.11 Å². The second kappa shape index (κ2) is 16.4. The maximum absolute atomic E-state index is 13.1. The summed E-state index contributed by atoms with van der Waals surface area (Å²) >= 11 is 0. The number of methoxy groups -OCH3 is 1. The fourth-order valence-corrected chi connectivity index (χ4v) is 3.45. The Balaban J connectivity index is 0.00000129. The summed E-state index contributed by atoms with van der Waals surface area (Å²) in [4.78, 5) is 59.4. The molecule has 2 rings (SSSR count). The van der Waals surface area contributed by atoms with Gasteiger partial charge in [0.05, 0.1) is 13.2 Å². The van der Waals surface area contributed by atoms with Crippen LogP contribution in [0.1, 0.15) is 48.3 Å². The summed E-state index contributed by atoms with van der Waals surface area (Å²) in [5.74, 6) is -7.68. The van der Waals surface area contributed by atoms with E-state index in [1.54, 1.807) is 24.3 Å². The summed E-state index contributed by atoms with van der Waals surface area (Å²) in [6.07, 6.45) is -10.2. The second-order valence-electron chi connectivity index (χ2n) is 9.71. The van der Waals surface area contributed by atoms with Crippen molar-refractivity contribution in [3.63, 3.8) is 0 Å². The van der Waals surface area contributed by atoms with Gasteiger partial charge in [-0.1, -0.05) is 38.1 Å². The third-order valence-corrected chi connectivity index (χ3v) is 5.96. The van der Waals surface area contributed by atoms with E-state index >= 15 is 0 Å². The van der Waals surface area contributed by atoms with Crippen molar-refractivity contribution < 1.29 is 60.2 Å². The lowest BCUT2D eigenvalue weighted by molar-refractivity contribution is -0.192. The van der Waals surface area contributed by atoms with E-state index in [4.69, 9.17) is 20.4 Å². The largest absolute Gasteiger partial charge is 0.497 e. The van der Waals surface area contributed by atoms with Crippen LogP contribution in [0.4, 0.5) is 26.3 Å². The average molecular weight is 651 g/mol. The first-order chi connectivity index (χ1) is 20.7. The molecule has 3 atom stereocenters. The van der Waals surface area contributed by atoms with E-state index in [0.29, 0.717) is 12.3 Å². The lowest BCUT2D eigenvalue weighted by atomic mass is 9.97. The molecular weight excluding hydrogens is 618 g/mol. The Kier molecular flexibility index (Phi) is 14.0. The van der Waals surface area contributed by atoms with Crippen LogP contribution < -0.4 is 26.4 Å². The van der Waals surface area contributed by atoms with Gasteiger partial charge in [0.2, 0.25) is 11.8 Å². The first-order valence-corrected chi connectivity index (χ1v) is 13.0. The molecule has 2 aromatic carbocycles. The van der Waals surface area contributed by atoms with Gasteiger partial charge in [0, 0.05) is 12.1 Å². The topological polar surface area (TPSA) is 177 Å². The summed E-state index contributed by atoms with van der Waals surface area (Å²) in [6, 6.07) is 7.84. The van der Waals surface area contributed by atoms with E-state index in [-0.39, 0.29) is 11.1 Å². The highest BCUT2D eigenvalue weighted by Gasteiger charge is 2.45. The highest BCUT2D eigenvalue weighted by molar-refractivity contribution is 5.99. The summed E-state index contributed by atoms with van der Waals surface area (Å²) in [5, 5.41) is 14.2. The first-order valence-electron chi connectivity index (χ1n) is 13.0. The van der Waals surface area contributed by atoms with Gasteiger partial charge in [-0.2, -0.15) is 26.3 Å². The standard InChI is InChI=1S/C26H31F3N4O5.C2HF3O2/c1-14(2)20(22(34)26(27,28)29)32-25(37)21(17-9-11-19(38-4)12-10-17)33-23(35)15(3)31-24(36)18-7-5-16(13-30)6-8-18;3-2(4,5)1(6)7/h5-12,14-15,20-21H,13,30H2,1-4H3,(H,31,36)(H,32,37)(H,33,35);(H,6,7)/t15-,20-,21-;/m0./s1. The number of carbonyl (C=O) groups is 5. The number of carboxylic acids is 1. The van der Waals surface area contributed by atoms with Crippen molar-refractivity contribution >= 4 is 29.5 Å². The Morgan fingerprint density at radius 1 is 0.800 bits per heavy atom. The first kappa shape index (κ1) is 38.4. The zero-order valence-electron chi connectivity index (χ0n) is 24.4. The van der Waals surface area contributed by atoms with Crippen molar-refractivity contribution in [1.29, 1.82) is 0 Å². The number of rotatable bonds is 11. The molecule has 0 saturated heterocycles. The summed E-state index contributed by atoms with van der Waals surface area (Å²) in [6.45, 7) is 4.39. The predicted octanol–water partition coefficient (Wildman–Crippen LogP) is 3.04. The smallest absolute Gasteiger partial charge is 0.490 e. The number of amides is 3. The van der Waals surface area contributed by atoms with Crippen molar-refractivity contribution in [3.05, 3.63) is 65.2 Å². The van der Waals surface area contributed by atoms with Gasteiger partial charge < -0.3 is 31.5 Å². The Morgan fingerprint density at radius 3 is 1.71 bits per heavy atom. The zero-order chi connectivity index (χ0) is 34.7. The number of ketones is 1. The molecule has 0 aromatic heterocycles. The highest BCUT2D eigenvalue weighted by Crippen LogP contribution is 2.23. The molecule has 0 aliphatic rings.